The third-order valence-electron chi connectivity index (χ3n) is 5.29. The highest BCUT2D eigenvalue weighted by Gasteiger charge is 2.25. The maximum absolute atomic E-state index is 12.4. The van der Waals surface area contributed by atoms with Crippen LogP contribution in [0.3, 0.4) is 0 Å². The summed E-state index contributed by atoms with van der Waals surface area (Å²) in [4.78, 5) is 18.9. The standard InChI is InChI=1S/C24H24N2O3.C8H12/c1-5-20(24(27)29-6-2)23-25-16-21(17-10-8-7-9-11-17)22(26(23)3)18-12-14-19(28-4)15-13-18;1-4-5-6-7-8(2)3/h5,7-16H,1,6H2,2-4H3;4-7H,1H2,2-3H3/b23-20+;6-5-. The minimum atomic E-state index is -0.446. The second kappa shape index (κ2) is 14.9. The first-order valence-corrected chi connectivity index (χ1v) is 12.1. The largest absolute Gasteiger partial charge is 0.497 e. The minimum absolute atomic E-state index is 0.285. The van der Waals surface area contributed by atoms with E-state index < -0.39 is 5.97 Å². The molecule has 37 heavy (non-hydrogen) atoms. The number of hydrogen-bond donors (Lipinski definition) is 0. The van der Waals surface area contributed by atoms with Crippen molar-refractivity contribution in [1.29, 1.82) is 0 Å². The van der Waals surface area contributed by atoms with Crippen molar-refractivity contribution in [3.63, 3.8) is 0 Å². The normalized spacial score (nSPS) is 13.9. The Labute approximate surface area is 221 Å². The molecule has 1 aliphatic heterocycles. The van der Waals surface area contributed by atoms with Crippen LogP contribution in [0.25, 0.3) is 11.3 Å². The van der Waals surface area contributed by atoms with Crippen molar-refractivity contribution in [3.05, 3.63) is 126 Å². The maximum atomic E-state index is 12.4. The molecule has 2 aromatic carbocycles. The van der Waals surface area contributed by atoms with E-state index in [-0.39, 0.29) is 6.61 Å². The molecule has 3 rings (SSSR count). The SMILES string of the molecule is C=C/C(C(=O)OCC)=C1/N=CC(c2ccccc2)=C(c2ccc(OC)cc2)N1C.C=C/C=C\C=C(C)C. The summed E-state index contributed by atoms with van der Waals surface area (Å²) in [5, 5.41) is 0. The van der Waals surface area contributed by atoms with Gasteiger partial charge >= 0.3 is 5.97 Å². The lowest BCUT2D eigenvalue weighted by Gasteiger charge is -2.30. The average molecular weight is 497 g/mol. The van der Waals surface area contributed by atoms with E-state index in [0.29, 0.717) is 11.4 Å². The predicted octanol–water partition coefficient (Wildman–Crippen LogP) is 7.24. The number of esters is 1. The number of methoxy groups -OCH3 is 1. The van der Waals surface area contributed by atoms with Crippen LogP contribution in [0.1, 0.15) is 31.9 Å². The zero-order valence-corrected chi connectivity index (χ0v) is 22.4. The fourth-order valence-corrected chi connectivity index (χ4v) is 3.54. The molecule has 5 nitrogen and oxygen atoms in total. The monoisotopic (exact) mass is 496 g/mol. The van der Waals surface area contributed by atoms with Gasteiger partial charge in [-0.25, -0.2) is 9.79 Å². The van der Waals surface area contributed by atoms with Gasteiger partial charge in [-0.1, -0.05) is 79.4 Å². The van der Waals surface area contributed by atoms with Crippen LogP contribution in [0, 0.1) is 0 Å². The highest BCUT2D eigenvalue weighted by atomic mass is 16.5. The van der Waals surface area contributed by atoms with Crippen LogP contribution in [0.2, 0.25) is 0 Å². The number of ether oxygens (including phenoxy) is 2. The van der Waals surface area contributed by atoms with E-state index in [2.05, 4.69) is 32.0 Å². The van der Waals surface area contributed by atoms with Gasteiger partial charge in [0.1, 0.15) is 17.1 Å². The van der Waals surface area contributed by atoms with E-state index >= 15 is 0 Å². The molecular formula is C32H36N2O3. The second-order valence-corrected chi connectivity index (χ2v) is 8.20. The molecule has 2 aromatic rings. The summed E-state index contributed by atoms with van der Waals surface area (Å²) in [5.41, 5.74) is 5.51. The van der Waals surface area contributed by atoms with Crippen LogP contribution in [-0.4, -0.2) is 37.8 Å². The van der Waals surface area contributed by atoms with Crippen LogP contribution < -0.4 is 4.74 Å². The van der Waals surface area contributed by atoms with Gasteiger partial charge in [0.25, 0.3) is 0 Å². The van der Waals surface area contributed by atoms with Gasteiger partial charge in [-0.2, -0.15) is 0 Å². The Kier molecular flexibility index (Phi) is 11.6. The van der Waals surface area contributed by atoms with Crippen molar-refractivity contribution < 1.29 is 14.3 Å². The summed E-state index contributed by atoms with van der Waals surface area (Å²) in [6, 6.07) is 17.8. The van der Waals surface area contributed by atoms with Gasteiger partial charge in [0.05, 0.1) is 19.4 Å². The number of hydrogen-bond acceptors (Lipinski definition) is 5. The zero-order chi connectivity index (χ0) is 27.2. The van der Waals surface area contributed by atoms with E-state index in [9.17, 15) is 4.79 Å². The Morgan fingerprint density at radius 1 is 1.00 bits per heavy atom. The second-order valence-electron chi connectivity index (χ2n) is 8.20. The Bertz CT molecular complexity index is 1230. The third-order valence-corrected chi connectivity index (χ3v) is 5.29. The number of nitrogens with zero attached hydrogens (tertiary/aromatic N) is 2. The van der Waals surface area contributed by atoms with Crippen molar-refractivity contribution in [2.24, 2.45) is 4.99 Å². The molecule has 1 aliphatic rings. The van der Waals surface area contributed by atoms with E-state index in [1.165, 1.54) is 11.6 Å². The predicted molar refractivity (Wildman–Crippen MR) is 155 cm³/mol. The smallest absolute Gasteiger partial charge is 0.341 e. The van der Waals surface area contributed by atoms with Crippen LogP contribution >= 0.6 is 0 Å². The number of carbonyl (C=O) groups is 1. The Hall–Kier alpha value is -4.38. The maximum Gasteiger partial charge on any atom is 0.341 e. The molecule has 192 valence electrons. The number of carbonyl (C=O) groups excluding carboxylic acids is 1. The molecule has 0 spiro atoms. The molecule has 0 bridgehead atoms. The summed E-state index contributed by atoms with van der Waals surface area (Å²) in [5.74, 6) is 0.819. The number of benzene rings is 2. The van der Waals surface area contributed by atoms with Crippen molar-refractivity contribution in [1.82, 2.24) is 4.90 Å². The molecule has 0 fully saturated rings. The average Bonchev–Trinajstić information content (AvgIpc) is 2.91. The highest BCUT2D eigenvalue weighted by Crippen LogP contribution is 2.35. The molecule has 0 saturated heterocycles. The summed E-state index contributed by atoms with van der Waals surface area (Å²) in [6.07, 6.45) is 11.0. The lowest BCUT2D eigenvalue weighted by atomic mass is 9.97. The quantitative estimate of drug-likeness (QED) is 0.220. The summed E-state index contributed by atoms with van der Waals surface area (Å²) in [7, 11) is 3.52. The highest BCUT2D eigenvalue weighted by molar-refractivity contribution is 6.20. The van der Waals surface area contributed by atoms with Crippen LogP contribution in [-0.2, 0) is 9.53 Å². The van der Waals surface area contributed by atoms with Crippen molar-refractivity contribution in [2.45, 2.75) is 20.8 Å². The van der Waals surface area contributed by atoms with Gasteiger partial charge in [-0.3, -0.25) is 0 Å². The van der Waals surface area contributed by atoms with Gasteiger partial charge in [0.2, 0.25) is 0 Å². The van der Waals surface area contributed by atoms with Crippen LogP contribution in [0.4, 0.5) is 0 Å². The Balaban J connectivity index is 0.000000521. The van der Waals surface area contributed by atoms with Crippen molar-refractivity contribution in [2.75, 3.05) is 20.8 Å². The van der Waals surface area contributed by atoms with E-state index in [1.54, 1.807) is 26.3 Å². The number of allylic oxidation sites excluding steroid dienone is 6. The summed E-state index contributed by atoms with van der Waals surface area (Å²) in [6.45, 7) is 13.5. The van der Waals surface area contributed by atoms with Crippen molar-refractivity contribution in [3.8, 4) is 5.75 Å². The van der Waals surface area contributed by atoms with Gasteiger partial charge in [-0.15, -0.1) is 0 Å². The first-order chi connectivity index (χ1) is 17.9. The van der Waals surface area contributed by atoms with Crippen LogP contribution in [0.5, 0.6) is 5.75 Å². The third kappa shape index (κ3) is 8.07. The molecular weight excluding hydrogens is 460 g/mol. The van der Waals surface area contributed by atoms with Crippen molar-refractivity contribution >= 4 is 23.5 Å². The molecule has 1 heterocycles. The fourth-order valence-electron chi connectivity index (χ4n) is 3.54. The van der Waals surface area contributed by atoms with Gasteiger partial charge in [0.15, 0.2) is 0 Å². The van der Waals surface area contributed by atoms with Crippen LogP contribution in [0.15, 0.2) is 120 Å². The molecule has 0 unspecified atom stereocenters. The fraction of sp³-hybridized carbons (Fsp3) is 0.188. The summed E-state index contributed by atoms with van der Waals surface area (Å²) < 4.78 is 10.5. The Morgan fingerprint density at radius 2 is 1.68 bits per heavy atom. The van der Waals surface area contributed by atoms with Gasteiger partial charge in [0, 0.05) is 18.8 Å². The lowest BCUT2D eigenvalue weighted by Crippen LogP contribution is -2.24. The first kappa shape index (κ1) is 28.9. The van der Waals surface area contributed by atoms with Gasteiger partial charge in [-0.05, 0) is 56.2 Å². The van der Waals surface area contributed by atoms with E-state index in [1.807, 2.05) is 84.8 Å². The topological polar surface area (TPSA) is 51.1 Å². The minimum Gasteiger partial charge on any atom is -0.497 e. The van der Waals surface area contributed by atoms with E-state index in [4.69, 9.17) is 9.47 Å². The lowest BCUT2D eigenvalue weighted by molar-refractivity contribution is -0.138. The summed E-state index contributed by atoms with van der Waals surface area (Å²) >= 11 is 0. The number of aliphatic imine (C=N–C) groups is 1. The molecule has 0 aromatic heterocycles. The molecule has 0 atom stereocenters. The first-order valence-electron chi connectivity index (χ1n) is 12.1. The zero-order valence-electron chi connectivity index (χ0n) is 22.4. The molecule has 0 radical (unpaired) electrons. The van der Waals surface area contributed by atoms with E-state index in [0.717, 1.165) is 28.1 Å². The molecule has 0 N–H and O–H groups in total. The molecule has 5 heteroatoms. The van der Waals surface area contributed by atoms with Gasteiger partial charge < -0.3 is 14.4 Å². The number of rotatable bonds is 8. The molecule has 0 saturated carbocycles. The molecule has 0 amide bonds. The Morgan fingerprint density at radius 3 is 2.22 bits per heavy atom. The molecule has 0 aliphatic carbocycles.